The zero-order valence-corrected chi connectivity index (χ0v) is 16.4. The summed E-state index contributed by atoms with van der Waals surface area (Å²) >= 11 is 0. The van der Waals surface area contributed by atoms with E-state index in [0.29, 0.717) is 22.7 Å². The molecule has 0 spiro atoms. The van der Waals surface area contributed by atoms with Gasteiger partial charge in [-0.2, -0.15) is 0 Å². The summed E-state index contributed by atoms with van der Waals surface area (Å²) in [6, 6.07) is 10.3. The van der Waals surface area contributed by atoms with E-state index < -0.39 is 22.6 Å². The number of sulfonamides is 1. The molecule has 0 fully saturated rings. The molecule has 148 valence electrons. The van der Waals surface area contributed by atoms with Gasteiger partial charge in [0.05, 0.1) is 10.6 Å². The number of anilines is 1. The molecule has 0 aliphatic rings. The molecule has 2 aromatic carbocycles. The summed E-state index contributed by atoms with van der Waals surface area (Å²) in [6.45, 7) is 5.43. The Hall–Kier alpha value is -3.07. The molecule has 9 heteroatoms. The average Bonchev–Trinajstić information content (AvgIpc) is 3.04. The van der Waals surface area contributed by atoms with Crippen LogP contribution in [-0.4, -0.2) is 31.1 Å². The minimum atomic E-state index is -3.83. The first-order valence-corrected chi connectivity index (χ1v) is 9.91. The Morgan fingerprint density at radius 1 is 1.18 bits per heavy atom. The van der Waals surface area contributed by atoms with Crippen LogP contribution in [-0.2, 0) is 20.2 Å². The Balaban J connectivity index is 1.80. The summed E-state index contributed by atoms with van der Waals surface area (Å²) in [5.41, 5.74) is 1.23. The van der Waals surface area contributed by atoms with E-state index in [1.165, 1.54) is 24.3 Å². The normalized spacial score (nSPS) is 12.1. The van der Waals surface area contributed by atoms with Gasteiger partial charge in [0.15, 0.2) is 12.2 Å². The minimum Gasteiger partial charge on any atom is -0.482 e. The fourth-order valence-electron chi connectivity index (χ4n) is 2.39. The molecule has 0 radical (unpaired) electrons. The van der Waals surface area contributed by atoms with E-state index in [2.05, 4.69) is 9.71 Å². The van der Waals surface area contributed by atoms with Crippen LogP contribution in [0.25, 0.3) is 11.1 Å². The van der Waals surface area contributed by atoms with Gasteiger partial charge >= 0.3 is 5.97 Å². The highest BCUT2D eigenvalue weighted by Crippen LogP contribution is 2.28. The zero-order valence-electron chi connectivity index (χ0n) is 15.6. The van der Waals surface area contributed by atoms with Crippen molar-refractivity contribution in [1.29, 1.82) is 0 Å². The van der Waals surface area contributed by atoms with Crippen molar-refractivity contribution in [3.05, 3.63) is 48.4 Å². The van der Waals surface area contributed by atoms with Gasteiger partial charge < -0.3 is 14.3 Å². The molecule has 0 aliphatic heterocycles. The quantitative estimate of drug-likeness (QED) is 0.646. The molecule has 0 unspecified atom stereocenters. The highest BCUT2D eigenvalue weighted by Gasteiger charge is 2.21. The fraction of sp³-hybridized carbons (Fsp3) is 0.263. The van der Waals surface area contributed by atoms with Crippen LogP contribution in [0.4, 0.5) is 5.69 Å². The third-order valence-electron chi connectivity index (χ3n) is 3.78. The van der Waals surface area contributed by atoms with Crippen LogP contribution in [0.2, 0.25) is 0 Å². The molecule has 28 heavy (non-hydrogen) atoms. The van der Waals surface area contributed by atoms with Crippen molar-refractivity contribution in [2.24, 2.45) is 0 Å². The predicted molar refractivity (Wildman–Crippen MR) is 103 cm³/mol. The number of benzene rings is 2. The Morgan fingerprint density at radius 3 is 2.46 bits per heavy atom. The number of carboxylic acids is 1. The summed E-state index contributed by atoms with van der Waals surface area (Å²) in [5.74, 6) is -0.282. The number of aliphatic carboxylic acids is 1. The van der Waals surface area contributed by atoms with E-state index in [9.17, 15) is 13.2 Å². The van der Waals surface area contributed by atoms with Gasteiger partial charge in [0.2, 0.25) is 5.89 Å². The van der Waals surface area contributed by atoms with E-state index in [0.717, 1.165) is 0 Å². The molecule has 3 rings (SSSR count). The van der Waals surface area contributed by atoms with Crippen molar-refractivity contribution in [1.82, 2.24) is 4.98 Å². The SMILES string of the molecule is CC(C)(C)c1nc2cc(NS(=O)(=O)c3ccc(OCC(=O)O)cc3)ccc2o1. The molecule has 8 nitrogen and oxygen atoms in total. The summed E-state index contributed by atoms with van der Waals surface area (Å²) in [6.07, 6.45) is 0. The second kappa shape index (κ2) is 7.16. The van der Waals surface area contributed by atoms with Gasteiger partial charge in [-0.25, -0.2) is 18.2 Å². The smallest absolute Gasteiger partial charge is 0.341 e. The van der Waals surface area contributed by atoms with Crippen molar-refractivity contribution >= 4 is 32.8 Å². The summed E-state index contributed by atoms with van der Waals surface area (Å²) in [7, 11) is -3.83. The van der Waals surface area contributed by atoms with Crippen LogP contribution in [0.1, 0.15) is 26.7 Å². The maximum Gasteiger partial charge on any atom is 0.341 e. The molecule has 1 heterocycles. The van der Waals surface area contributed by atoms with E-state index in [1.54, 1.807) is 18.2 Å². The number of carbonyl (C=O) groups is 1. The predicted octanol–water partition coefficient (Wildman–Crippen LogP) is 3.39. The Labute approximate surface area is 162 Å². The van der Waals surface area contributed by atoms with Crippen molar-refractivity contribution in [3.8, 4) is 5.75 Å². The van der Waals surface area contributed by atoms with Gasteiger partial charge in [0.25, 0.3) is 10.0 Å². The number of nitrogens with zero attached hydrogens (tertiary/aromatic N) is 1. The second-order valence-corrected chi connectivity index (χ2v) is 8.89. The molecule has 0 aliphatic carbocycles. The average molecular weight is 404 g/mol. The van der Waals surface area contributed by atoms with Crippen molar-refractivity contribution < 1.29 is 27.5 Å². The van der Waals surface area contributed by atoms with Gasteiger partial charge in [-0.3, -0.25) is 4.72 Å². The lowest BCUT2D eigenvalue weighted by molar-refractivity contribution is -0.139. The summed E-state index contributed by atoms with van der Waals surface area (Å²) in [4.78, 5) is 15.0. The number of oxazole rings is 1. The highest BCUT2D eigenvalue weighted by molar-refractivity contribution is 7.92. The Bertz CT molecular complexity index is 1110. The number of carboxylic acid groups (broad SMARTS) is 1. The first-order valence-electron chi connectivity index (χ1n) is 8.43. The standard InChI is InChI=1S/C19H20N2O6S/c1-19(2,3)18-20-15-10-12(4-9-16(15)27-18)21-28(24,25)14-7-5-13(6-8-14)26-11-17(22)23/h4-10,21H,11H2,1-3H3,(H,22,23). The molecule has 2 N–H and O–H groups in total. The highest BCUT2D eigenvalue weighted by atomic mass is 32.2. The Morgan fingerprint density at radius 2 is 1.86 bits per heavy atom. The molecule has 3 aromatic rings. The number of rotatable bonds is 6. The number of ether oxygens (including phenoxy) is 1. The zero-order chi connectivity index (χ0) is 20.5. The van der Waals surface area contributed by atoms with Gasteiger partial charge in [-0.1, -0.05) is 20.8 Å². The number of nitrogens with one attached hydrogen (secondary N) is 1. The lowest BCUT2D eigenvalue weighted by Gasteiger charge is -2.11. The molecule has 0 bridgehead atoms. The summed E-state index contributed by atoms with van der Waals surface area (Å²) < 4.78 is 38.4. The van der Waals surface area contributed by atoms with Gasteiger partial charge in [-0.05, 0) is 42.5 Å². The topological polar surface area (TPSA) is 119 Å². The van der Waals surface area contributed by atoms with E-state index in [4.69, 9.17) is 14.3 Å². The lowest BCUT2D eigenvalue weighted by atomic mass is 9.97. The number of hydrogen-bond donors (Lipinski definition) is 2. The van der Waals surface area contributed by atoms with E-state index in [-0.39, 0.29) is 16.1 Å². The first kappa shape index (κ1) is 19.7. The number of fused-ring (bicyclic) bond motifs is 1. The molecule has 1 aromatic heterocycles. The maximum absolute atomic E-state index is 12.6. The van der Waals surface area contributed by atoms with Gasteiger partial charge in [0, 0.05) is 5.41 Å². The van der Waals surface area contributed by atoms with Crippen LogP contribution < -0.4 is 9.46 Å². The molecular weight excluding hydrogens is 384 g/mol. The van der Waals surface area contributed by atoms with Gasteiger partial charge in [-0.15, -0.1) is 0 Å². The monoisotopic (exact) mass is 404 g/mol. The number of aromatic nitrogens is 1. The summed E-state index contributed by atoms with van der Waals surface area (Å²) in [5, 5.41) is 8.60. The van der Waals surface area contributed by atoms with Crippen LogP contribution in [0.3, 0.4) is 0 Å². The molecule has 0 saturated carbocycles. The minimum absolute atomic E-state index is 0.0193. The number of hydrogen-bond acceptors (Lipinski definition) is 6. The van der Waals surface area contributed by atoms with E-state index in [1.807, 2.05) is 20.8 Å². The van der Waals surface area contributed by atoms with Crippen molar-refractivity contribution in [3.63, 3.8) is 0 Å². The van der Waals surface area contributed by atoms with E-state index >= 15 is 0 Å². The van der Waals surface area contributed by atoms with Crippen LogP contribution in [0, 0.1) is 0 Å². The molecular formula is C19H20N2O6S. The van der Waals surface area contributed by atoms with Crippen molar-refractivity contribution in [2.75, 3.05) is 11.3 Å². The fourth-order valence-corrected chi connectivity index (χ4v) is 3.44. The lowest BCUT2D eigenvalue weighted by Crippen LogP contribution is -2.13. The van der Waals surface area contributed by atoms with Crippen molar-refractivity contribution in [2.45, 2.75) is 31.1 Å². The maximum atomic E-state index is 12.6. The first-order chi connectivity index (χ1) is 13.0. The molecule has 0 saturated heterocycles. The largest absolute Gasteiger partial charge is 0.482 e. The Kier molecular flexibility index (Phi) is 5.03. The van der Waals surface area contributed by atoms with Crippen LogP contribution in [0.5, 0.6) is 5.75 Å². The van der Waals surface area contributed by atoms with Gasteiger partial charge in [0.1, 0.15) is 11.3 Å². The van der Waals surface area contributed by atoms with Crippen LogP contribution >= 0.6 is 0 Å². The third kappa shape index (κ3) is 4.42. The second-order valence-electron chi connectivity index (χ2n) is 7.21. The van der Waals surface area contributed by atoms with Crippen LogP contribution in [0.15, 0.2) is 51.8 Å². The third-order valence-corrected chi connectivity index (χ3v) is 5.17. The molecule has 0 atom stereocenters. The molecule has 0 amide bonds.